The minimum atomic E-state index is -0.663. The molecule has 0 fully saturated rings. The molecule has 0 saturated carbocycles. The zero-order valence-corrected chi connectivity index (χ0v) is 25.1. The van der Waals surface area contributed by atoms with Gasteiger partial charge in [-0.1, -0.05) is 72.8 Å². The van der Waals surface area contributed by atoms with Crippen LogP contribution in [0, 0.1) is 0 Å². The van der Waals surface area contributed by atoms with Gasteiger partial charge in [0.25, 0.3) is 0 Å². The first kappa shape index (κ1) is 32.8. The molecule has 0 aliphatic rings. The van der Waals surface area contributed by atoms with Gasteiger partial charge in [-0.2, -0.15) is 0 Å². The van der Waals surface area contributed by atoms with E-state index in [0.717, 1.165) is 11.1 Å². The Bertz CT molecular complexity index is 1350. The normalized spacial score (nSPS) is 11.3. The Hall–Kier alpha value is -4.70. The Morgan fingerprint density at radius 1 is 0.721 bits per heavy atom. The highest BCUT2D eigenvalue weighted by atomic mass is 16.6. The van der Waals surface area contributed by atoms with Gasteiger partial charge in [0.1, 0.15) is 13.1 Å². The molecule has 0 bridgehead atoms. The Morgan fingerprint density at radius 2 is 1.30 bits per heavy atom. The molecule has 0 heterocycles. The summed E-state index contributed by atoms with van der Waals surface area (Å²) in [5, 5.41) is 0. The Kier molecular flexibility index (Phi) is 12.7. The number of carbonyl (C=O) groups is 4. The van der Waals surface area contributed by atoms with Crippen molar-refractivity contribution >= 4 is 23.7 Å². The minimum Gasteiger partial charge on any atom is -0.493 e. The Balaban J connectivity index is 1.88. The molecule has 3 rings (SSSR count). The van der Waals surface area contributed by atoms with Crippen molar-refractivity contribution in [2.45, 2.75) is 26.4 Å². The van der Waals surface area contributed by atoms with Gasteiger partial charge in [-0.25, -0.2) is 4.79 Å². The summed E-state index contributed by atoms with van der Waals surface area (Å²) in [5.41, 5.74) is 1.62. The molecule has 228 valence electrons. The first-order chi connectivity index (χ1) is 20.7. The third kappa shape index (κ3) is 9.96. The van der Waals surface area contributed by atoms with E-state index < -0.39 is 23.8 Å². The highest BCUT2D eigenvalue weighted by Crippen LogP contribution is 2.27. The van der Waals surface area contributed by atoms with Crippen LogP contribution >= 0.6 is 0 Å². The molecule has 0 N–H and O–H groups in total. The summed E-state index contributed by atoms with van der Waals surface area (Å²) in [7, 11) is 2.99. The van der Waals surface area contributed by atoms with E-state index in [-0.39, 0.29) is 51.0 Å². The average molecular weight is 590 g/mol. The van der Waals surface area contributed by atoms with Crippen LogP contribution < -0.4 is 9.47 Å². The van der Waals surface area contributed by atoms with Crippen molar-refractivity contribution < 1.29 is 33.4 Å². The predicted molar refractivity (Wildman–Crippen MR) is 161 cm³/mol. The van der Waals surface area contributed by atoms with E-state index in [0.29, 0.717) is 5.75 Å². The van der Waals surface area contributed by atoms with Crippen LogP contribution in [0.25, 0.3) is 0 Å². The first-order valence-corrected chi connectivity index (χ1v) is 14.0. The molecule has 0 radical (unpaired) electrons. The molecule has 43 heavy (non-hydrogen) atoms. The fourth-order valence-electron chi connectivity index (χ4n) is 4.45. The minimum absolute atomic E-state index is 0.140. The second-order valence-corrected chi connectivity index (χ2v) is 9.90. The molecule has 0 unspecified atom stereocenters. The fraction of sp³-hybridized carbons (Fsp3) is 0.333. The number of para-hydroxylation sites is 2. The maximum Gasteiger partial charge on any atom is 0.331 e. The zero-order valence-electron chi connectivity index (χ0n) is 25.1. The van der Waals surface area contributed by atoms with Crippen LogP contribution in [0.15, 0.2) is 84.9 Å². The third-order valence-corrected chi connectivity index (χ3v) is 6.89. The molecule has 10 heteroatoms. The molecule has 3 aromatic carbocycles. The quantitative estimate of drug-likeness (QED) is 0.197. The van der Waals surface area contributed by atoms with Crippen LogP contribution in [0.4, 0.5) is 0 Å². The Morgan fingerprint density at radius 3 is 1.91 bits per heavy atom. The molecule has 0 aliphatic carbocycles. The van der Waals surface area contributed by atoms with Gasteiger partial charge in [0, 0.05) is 27.1 Å². The standard InChI is InChI=1S/C33H39N3O7/c1-25(28-15-9-6-10-16-28)36(24-33(40)43-30-18-12-11-17-29(30)42-4)32(39)23-35(21-27-13-7-5-8-14-27)31(38)22-34(26(2)37)19-20-41-3/h5-18,25H,19-24H2,1-4H3/t25-/m0/s1. The molecule has 0 spiro atoms. The number of ether oxygens (including phenoxy) is 3. The number of hydrogen-bond donors (Lipinski definition) is 0. The van der Waals surface area contributed by atoms with Gasteiger partial charge in [-0.05, 0) is 30.2 Å². The van der Waals surface area contributed by atoms with E-state index in [2.05, 4.69) is 0 Å². The smallest absolute Gasteiger partial charge is 0.331 e. The summed E-state index contributed by atoms with van der Waals surface area (Å²) in [6, 6.07) is 24.8. The summed E-state index contributed by atoms with van der Waals surface area (Å²) < 4.78 is 15.9. The molecule has 0 aliphatic heterocycles. The third-order valence-electron chi connectivity index (χ3n) is 6.89. The van der Waals surface area contributed by atoms with E-state index >= 15 is 0 Å². The summed E-state index contributed by atoms with van der Waals surface area (Å²) in [4.78, 5) is 57.1. The van der Waals surface area contributed by atoms with Crippen molar-refractivity contribution in [3.63, 3.8) is 0 Å². The molecule has 3 aromatic rings. The van der Waals surface area contributed by atoms with Gasteiger partial charge in [0.05, 0.1) is 26.3 Å². The van der Waals surface area contributed by atoms with Gasteiger partial charge in [-0.3, -0.25) is 14.4 Å². The number of benzene rings is 3. The molecule has 10 nitrogen and oxygen atoms in total. The average Bonchev–Trinajstić information content (AvgIpc) is 3.02. The highest BCUT2D eigenvalue weighted by molar-refractivity contribution is 5.89. The number of nitrogens with zero attached hydrogens (tertiary/aromatic N) is 3. The monoisotopic (exact) mass is 589 g/mol. The second-order valence-electron chi connectivity index (χ2n) is 9.90. The van der Waals surface area contributed by atoms with E-state index in [4.69, 9.17) is 14.2 Å². The van der Waals surface area contributed by atoms with Gasteiger partial charge in [0.15, 0.2) is 11.5 Å². The number of hydrogen-bond acceptors (Lipinski definition) is 7. The van der Waals surface area contributed by atoms with E-state index in [1.165, 1.54) is 35.8 Å². The summed E-state index contributed by atoms with van der Waals surface area (Å²) >= 11 is 0. The highest BCUT2D eigenvalue weighted by Gasteiger charge is 2.29. The predicted octanol–water partition coefficient (Wildman–Crippen LogP) is 3.71. The maximum absolute atomic E-state index is 14.0. The van der Waals surface area contributed by atoms with Crippen molar-refractivity contribution in [3.05, 3.63) is 96.1 Å². The van der Waals surface area contributed by atoms with Crippen LogP contribution in [0.5, 0.6) is 11.5 Å². The van der Waals surface area contributed by atoms with Crippen molar-refractivity contribution in [2.24, 2.45) is 0 Å². The van der Waals surface area contributed by atoms with E-state index in [1.54, 1.807) is 24.3 Å². The second kappa shape index (κ2) is 16.7. The largest absolute Gasteiger partial charge is 0.493 e. The SMILES string of the molecule is COCCN(CC(=O)N(CC(=O)N(CC(=O)Oc1ccccc1OC)[C@@H](C)c1ccccc1)Cc1ccccc1)C(C)=O. The van der Waals surface area contributed by atoms with Crippen LogP contribution in [0.2, 0.25) is 0 Å². The lowest BCUT2D eigenvalue weighted by molar-refractivity contribution is -0.148. The lowest BCUT2D eigenvalue weighted by Gasteiger charge is -2.32. The summed E-state index contributed by atoms with van der Waals surface area (Å²) in [5.74, 6) is -1.20. The lowest BCUT2D eigenvalue weighted by Crippen LogP contribution is -2.49. The maximum atomic E-state index is 14.0. The van der Waals surface area contributed by atoms with Gasteiger partial charge in [0.2, 0.25) is 17.7 Å². The summed E-state index contributed by atoms with van der Waals surface area (Å²) in [6.07, 6.45) is 0. The fourth-order valence-corrected chi connectivity index (χ4v) is 4.45. The number of carbonyl (C=O) groups excluding carboxylic acids is 4. The Labute approximate surface area is 252 Å². The van der Waals surface area contributed by atoms with E-state index in [1.807, 2.05) is 67.6 Å². The van der Waals surface area contributed by atoms with Crippen LogP contribution in [-0.2, 0) is 30.5 Å². The summed E-state index contributed by atoms with van der Waals surface area (Å²) in [6.45, 7) is 2.93. The zero-order chi connectivity index (χ0) is 31.2. The van der Waals surface area contributed by atoms with Crippen LogP contribution in [0.1, 0.15) is 31.0 Å². The molecule has 0 aromatic heterocycles. The van der Waals surface area contributed by atoms with E-state index in [9.17, 15) is 19.2 Å². The van der Waals surface area contributed by atoms with Gasteiger partial charge in [-0.15, -0.1) is 0 Å². The van der Waals surface area contributed by atoms with Crippen LogP contribution in [0.3, 0.4) is 0 Å². The molecule has 0 saturated heterocycles. The lowest BCUT2D eigenvalue weighted by atomic mass is 10.1. The number of amides is 3. The number of methoxy groups -OCH3 is 2. The van der Waals surface area contributed by atoms with Crippen molar-refractivity contribution in [2.75, 3.05) is 47.0 Å². The number of esters is 1. The molecule has 1 atom stereocenters. The van der Waals surface area contributed by atoms with Crippen molar-refractivity contribution in [1.82, 2.24) is 14.7 Å². The van der Waals surface area contributed by atoms with Crippen LogP contribution in [-0.4, -0.2) is 85.4 Å². The van der Waals surface area contributed by atoms with Gasteiger partial charge < -0.3 is 28.9 Å². The first-order valence-electron chi connectivity index (χ1n) is 14.0. The molecular weight excluding hydrogens is 550 g/mol. The topological polar surface area (TPSA) is 106 Å². The molecule has 3 amide bonds. The van der Waals surface area contributed by atoms with Crippen molar-refractivity contribution in [1.29, 1.82) is 0 Å². The molecular formula is C33H39N3O7. The number of rotatable bonds is 15. The van der Waals surface area contributed by atoms with Gasteiger partial charge >= 0.3 is 5.97 Å². The van der Waals surface area contributed by atoms with Crippen molar-refractivity contribution in [3.8, 4) is 11.5 Å².